The van der Waals surface area contributed by atoms with Crippen LogP contribution in [0.5, 0.6) is 0 Å². The lowest BCUT2D eigenvalue weighted by Gasteiger charge is -2.24. The number of nitrogens with zero attached hydrogens (tertiary/aromatic N) is 3. The molecule has 0 amide bonds. The van der Waals surface area contributed by atoms with E-state index in [1.54, 1.807) is 12.1 Å². The molecule has 1 fully saturated rings. The van der Waals surface area contributed by atoms with Gasteiger partial charge in [-0.3, -0.25) is 5.10 Å². The molecule has 1 unspecified atom stereocenters. The van der Waals surface area contributed by atoms with Gasteiger partial charge in [0.25, 0.3) is 0 Å². The summed E-state index contributed by atoms with van der Waals surface area (Å²) >= 11 is 0. The van der Waals surface area contributed by atoms with Crippen LogP contribution in [0.3, 0.4) is 0 Å². The lowest BCUT2D eigenvalue weighted by molar-refractivity contribution is 0.480. The molecule has 0 spiro atoms. The Bertz CT molecular complexity index is 1160. The van der Waals surface area contributed by atoms with Crippen LogP contribution in [0, 0.1) is 11.3 Å². The zero-order valence-electron chi connectivity index (χ0n) is 14.7. The summed E-state index contributed by atoms with van der Waals surface area (Å²) in [6.45, 7) is 2.10. The molecule has 134 valence electrons. The highest BCUT2D eigenvalue weighted by molar-refractivity contribution is 5.94. The molecule has 7 nitrogen and oxygen atoms in total. The number of aromatic nitrogens is 4. The fourth-order valence-corrected chi connectivity index (χ4v) is 3.69. The fraction of sp³-hybridized carbons (Fsp3) is 0.250. The maximum absolute atomic E-state index is 9.05. The van der Waals surface area contributed by atoms with E-state index in [1.807, 2.05) is 12.1 Å². The van der Waals surface area contributed by atoms with Gasteiger partial charge in [-0.15, -0.1) is 0 Å². The number of aromatic amines is 2. The average molecular weight is 357 g/mol. The summed E-state index contributed by atoms with van der Waals surface area (Å²) in [6.07, 6.45) is 2.39. The lowest BCUT2D eigenvalue weighted by atomic mass is 10.1. The molecule has 2 aromatic heterocycles. The highest BCUT2D eigenvalue weighted by Gasteiger charge is 2.15. The van der Waals surface area contributed by atoms with Gasteiger partial charge in [0, 0.05) is 23.7 Å². The molecule has 0 bridgehead atoms. The van der Waals surface area contributed by atoms with Gasteiger partial charge in [-0.2, -0.15) is 10.4 Å². The third-order valence-electron chi connectivity index (χ3n) is 5.07. The summed E-state index contributed by atoms with van der Waals surface area (Å²) in [5.41, 5.74) is 5.17. The van der Waals surface area contributed by atoms with E-state index in [9.17, 15) is 0 Å². The minimum Gasteiger partial charge on any atom is -0.381 e. The molecule has 7 heteroatoms. The van der Waals surface area contributed by atoms with E-state index < -0.39 is 0 Å². The van der Waals surface area contributed by atoms with Crippen molar-refractivity contribution in [1.82, 2.24) is 25.5 Å². The standard InChI is InChI=1S/C20H19N7/c21-10-12-3-5-15-17(8-12)26-27-19(15)20-24-16-6-4-13(9-18(16)25-20)23-14-2-1-7-22-11-14/h3-6,8-9,14,22-23H,1-2,7,11H2,(H,24,25)(H,26,27). The maximum Gasteiger partial charge on any atom is 0.159 e. The predicted molar refractivity (Wildman–Crippen MR) is 105 cm³/mol. The van der Waals surface area contributed by atoms with Crippen LogP contribution in [0.2, 0.25) is 0 Å². The number of imidazole rings is 1. The maximum atomic E-state index is 9.05. The van der Waals surface area contributed by atoms with E-state index >= 15 is 0 Å². The average Bonchev–Trinajstić information content (AvgIpc) is 3.31. The van der Waals surface area contributed by atoms with Crippen LogP contribution in [0.4, 0.5) is 5.69 Å². The number of nitriles is 1. The van der Waals surface area contributed by atoms with Crippen molar-refractivity contribution < 1.29 is 0 Å². The van der Waals surface area contributed by atoms with Crippen molar-refractivity contribution in [3.8, 4) is 17.6 Å². The van der Waals surface area contributed by atoms with E-state index in [4.69, 9.17) is 10.2 Å². The van der Waals surface area contributed by atoms with Gasteiger partial charge in [-0.25, -0.2) is 4.98 Å². The van der Waals surface area contributed by atoms with Crippen LogP contribution < -0.4 is 10.6 Å². The van der Waals surface area contributed by atoms with Gasteiger partial charge in [-0.05, 0) is 55.8 Å². The second kappa shape index (κ2) is 6.41. The van der Waals surface area contributed by atoms with Gasteiger partial charge >= 0.3 is 0 Å². The van der Waals surface area contributed by atoms with Crippen LogP contribution in [0.1, 0.15) is 18.4 Å². The van der Waals surface area contributed by atoms with Crippen molar-refractivity contribution in [2.24, 2.45) is 0 Å². The summed E-state index contributed by atoms with van der Waals surface area (Å²) in [5.74, 6) is 0.720. The summed E-state index contributed by atoms with van der Waals surface area (Å²) < 4.78 is 0. The molecule has 2 aromatic carbocycles. The van der Waals surface area contributed by atoms with Crippen molar-refractivity contribution in [2.75, 3.05) is 18.4 Å². The summed E-state index contributed by atoms with van der Waals surface area (Å²) in [4.78, 5) is 8.07. The molecule has 1 saturated heterocycles. The van der Waals surface area contributed by atoms with Crippen LogP contribution in [0.25, 0.3) is 33.5 Å². The first kappa shape index (κ1) is 15.9. The number of hydrogen-bond acceptors (Lipinski definition) is 5. The fourth-order valence-electron chi connectivity index (χ4n) is 3.69. The first-order valence-corrected chi connectivity index (χ1v) is 9.16. The molecular weight excluding hydrogens is 338 g/mol. The van der Waals surface area contributed by atoms with E-state index in [2.05, 4.69) is 44.0 Å². The third kappa shape index (κ3) is 2.90. The third-order valence-corrected chi connectivity index (χ3v) is 5.07. The molecule has 0 radical (unpaired) electrons. The Morgan fingerprint density at radius 3 is 2.96 bits per heavy atom. The number of benzene rings is 2. The number of piperidine rings is 1. The van der Waals surface area contributed by atoms with Gasteiger partial charge in [0.1, 0.15) is 5.69 Å². The molecule has 27 heavy (non-hydrogen) atoms. The number of hydrogen-bond donors (Lipinski definition) is 4. The van der Waals surface area contributed by atoms with Crippen LogP contribution in [-0.4, -0.2) is 39.3 Å². The lowest BCUT2D eigenvalue weighted by Crippen LogP contribution is -2.38. The second-order valence-electron chi connectivity index (χ2n) is 6.95. The highest BCUT2D eigenvalue weighted by Crippen LogP contribution is 2.28. The minimum atomic E-state index is 0.461. The number of anilines is 1. The zero-order valence-corrected chi connectivity index (χ0v) is 14.7. The molecule has 3 heterocycles. The summed E-state index contributed by atoms with van der Waals surface area (Å²) in [5, 5.41) is 24.4. The summed E-state index contributed by atoms with van der Waals surface area (Å²) in [6, 6.07) is 14.3. The monoisotopic (exact) mass is 357 g/mol. The quantitative estimate of drug-likeness (QED) is 0.451. The predicted octanol–water partition coefficient (Wildman–Crippen LogP) is 3.14. The smallest absolute Gasteiger partial charge is 0.159 e. The SMILES string of the molecule is N#Cc1ccc2c(-c3nc4ccc(NC5CCCNC5)cc4[nH]3)n[nH]c2c1. The molecule has 1 aliphatic heterocycles. The Kier molecular flexibility index (Phi) is 3.77. The zero-order chi connectivity index (χ0) is 18.2. The van der Waals surface area contributed by atoms with E-state index in [0.717, 1.165) is 52.2 Å². The van der Waals surface area contributed by atoms with E-state index in [-0.39, 0.29) is 0 Å². The molecule has 0 aliphatic carbocycles. The molecule has 4 N–H and O–H groups in total. The van der Waals surface area contributed by atoms with Crippen LogP contribution >= 0.6 is 0 Å². The van der Waals surface area contributed by atoms with E-state index in [1.165, 1.54) is 12.8 Å². The molecule has 4 aromatic rings. The van der Waals surface area contributed by atoms with Crippen LogP contribution in [0.15, 0.2) is 36.4 Å². The van der Waals surface area contributed by atoms with Gasteiger partial charge in [0.2, 0.25) is 0 Å². The van der Waals surface area contributed by atoms with Gasteiger partial charge in [0.05, 0.1) is 28.2 Å². The van der Waals surface area contributed by atoms with Crippen LogP contribution in [-0.2, 0) is 0 Å². The normalized spacial score (nSPS) is 17.2. The summed E-state index contributed by atoms with van der Waals surface area (Å²) in [7, 11) is 0. The van der Waals surface area contributed by atoms with Gasteiger partial charge in [-0.1, -0.05) is 0 Å². The second-order valence-corrected chi connectivity index (χ2v) is 6.95. The van der Waals surface area contributed by atoms with Gasteiger partial charge < -0.3 is 15.6 Å². The van der Waals surface area contributed by atoms with Crippen molar-refractivity contribution >= 4 is 27.6 Å². The van der Waals surface area contributed by atoms with Gasteiger partial charge in [0.15, 0.2) is 5.82 Å². The number of fused-ring (bicyclic) bond motifs is 2. The highest BCUT2D eigenvalue weighted by atomic mass is 15.1. The molecule has 0 saturated carbocycles. The first-order valence-electron chi connectivity index (χ1n) is 9.16. The Morgan fingerprint density at radius 2 is 2.11 bits per heavy atom. The molecule has 1 aliphatic rings. The molecule has 5 rings (SSSR count). The number of H-pyrrole nitrogens is 2. The minimum absolute atomic E-state index is 0.461. The van der Waals surface area contributed by atoms with E-state index in [0.29, 0.717) is 11.6 Å². The van der Waals surface area contributed by atoms with Crippen molar-refractivity contribution in [1.29, 1.82) is 5.26 Å². The topological polar surface area (TPSA) is 105 Å². The number of nitrogens with one attached hydrogen (secondary N) is 4. The first-order chi connectivity index (χ1) is 13.3. The molecule has 1 atom stereocenters. The Labute approximate surface area is 155 Å². The number of rotatable bonds is 3. The van der Waals surface area contributed by atoms with Crippen molar-refractivity contribution in [2.45, 2.75) is 18.9 Å². The Balaban J connectivity index is 1.48. The van der Waals surface area contributed by atoms with Crippen molar-refractivity contribution in [3.05, 3.63) is 42.0 Å². The Hall–Kier alpha value is -3.37. The Morgan fingerprint density at radius 1 is 1.15 bits per heavy atom. The molecular formula is C20H19N7. The van der Waals surface area contributed by atoms with Crippen molar-refractivity contribution in [3.63, 3.8) is 0 Å². The largest absolute Gasteiger partial charge is 0.381 e.